The summed E-state index contributed by atoms with van der Waals surface area (Å²) in [4.78, 5) is 0. The Morgan fingerprint density at radius 3 is 2.84 bits per heavy atom. The van der Waals surface area contributed by atoms with E-state index >= 15 is 0 Å². The van der Waals surface area contributed by atoms with E-state index < -0.39 is 6.10 Å². The summed E-state index contributed by atoms with van der Waals surface area (Å²) in [6, 6.07) is 6.96. The molecule has 0 aliphatic carbocycles. The van der Waals surface area contributed by atoms with Crippen molar-refractivity contribution in [2.24, 2.45) is 0 Å². The standard InChI is InChI=1S/C14H20N2O3/c1-3-6-16-9-12(17)10-19-13-5-4-11(8-15)7-14(13)18-2/h4-5,7,12,16-17H,3,6,9-10H2,1-2H3. The Hall–Kier alpha value is -1.77. The summed E-state index contributed by atoms with van der Waals surface area (Å²) in [6.45, 7) is 3.61. The Bertz CT molecular complexity index is 429. The average molecular weight is 264 g/mol. The van der Waals surface area contributed by atoms with Crippen molar-refractivity contribution in [3.63, 3.8) is 0 Å². The first-order valence-corrected chi connectivity index (χ1v) is 6.31. The summed E-state index contributed by atoms with van der Waals surface area (Å²) >= 11 is 0. The monoisotopic (exact) mass is 264 g/mol. The van der Waals surface area contributed by atoms with E-state index in [1.165, 1.54) is 7.11 Å². The largest absolute Gasteiger partial charge is 0.493 e. The van der Waals surface area contributed by atoms with Gasteiger partial charge in [0.05, 0.1) is 18.7 Å². The highest BCUT2D eigenvalue weighted by atomic mass is 16.5. The predicted octanol–water partition coefficient (Wildman–Crippen LogP) is 1.31. The molecule has 0 amide bonds. The molecule has 0 saturated carbocycles. The lowest BCUT2D eigenvalue weighted by Gasteiger charge is -2.15. The van der Waals surface area contributed by atoms with Crippen LogP contribution in [0.3, 0.4) is 0 Å². The van der Waals surface area contributed by atoms with E-state index in [2.05, 4.69) is 12.2 Å². The highest BCUT2D eigenvalue weighted by Gasteiger charge is 2.09. The Balaban J connectivity index is 2.50. The first-order chi connectivity index (χ1) is 9.21. The van der Waals surface area contributed by atoms with Gasteiger partial charge in [-0.1, -0.05) is 6.92 Å². The number of aliphatic hydroxyl groups excluding tert-OH is 1. The van der Waals surface area contributed by atoms with Crippen LogP contribution in [0.1, 0.15) is 18.9 Å². The van der Waals surface area contributed by atoms with Gasteiger partial charge >= 0.3 is 0 Å². The van der Waals surface area contributed by atoms with Crippen LogP contribution in [0.2, 0.25) is 0 Å². The van der Waals surface area contributed by atoms with Crippen LogP contribution in [0.25, 0.3) is 0 Å². The fourth-order valence-corrected chi connectivity index (χ4v) is 1.55. The third-order valence-electron chi connectivity index (χ3n) is 2.53. The van der Waals surface area contributed by atoms with E-state index in [-0.39, 0.29) is 6.61 Å². The number of hydrogen-bond acceptors (Lipinski definition) is 5. The fraction of sp³-hybridized carbons (Fsp3) is 0.500. The summed E-state index contributed by atoms with van der Waals surface area (Å²) in [5.74, 6) is 1.02. The lowest BCUT2D eigenvalue weighted by molar-refractivity contribution is 0.105. The summed E-state index contributed by atoms with van der Waals surface area (Å²) < 4.78 is 10.6. The zero-order valence-corrected chi connectivity index (χ0v) is 11.3. The molecule has 1 aromatic carbocycles. The quantitative estimate of drug-likeness (QED) is 0.692. The molecule has 0 aromatic heterocycles. The smallest absolute Gasteiger partial charge is 0.162 e. The van der Waals surface area contributed by atoms with Crippen molar-refractivity contribution in [3.8, 4) is 17.6 Å². The SMILES string of the molecule is CCCNCC(O)COc1ccc(C#N)cc1OC. The first-order valence-electron chi connectivity index (χ1n) is 6.31. The van der Waals surface area contributed by atoms with Crippen molar-refractivity contribution < 1.29 is 14.6 Å². The molecule has 0 aliphatic rings. The number of nitrogens with one attached hydrogen (secondary N) is 1. The number of nitrogens with zero attached hydrogens (tertiary/aromatic N) is 1. The molecule has 1 unspecified atom stereocenters. The highest BCUT2D eigenvalue weighted by molar-refractivity contribution is 5.46. The molecule has 1 rings (SSSR count). The van der Waals surface area contributed by atoms with Crippen molar-refractivity contribution in [3.05, 3.63) is 23.8 Å². The Labute approximate surface area is 113 Å². The van der Waals surface area contributed by atoms with Gasteiger partial charge in [0.25, 0.3) is 0 Å². The van der Waals surface area contributed by atoms with E-state index in [1.807, 2.05) is 6.07 Å². The van der Waals surface area contributed by atoms with Gasteiger partial charge in [-0.25, -0.2) is 0 Å². The lowest BCUT2D eigenvalue weighted by Crippen LogP contribution is -2.31. The second-order valence-corrected chi connectivity index (χ2v) is 4.15. The van der Waals surface area contributed by atoms with Gasteiger partial charge in [0.15, 0.2) is 11.5 Å². The van der Waals surface area contributed by atoms with Crippen LogP contribution in [0, 0.1) is 11.3 Å². The molecule has 1 atom stereocenters. The molecule has 0 spiro atoms. The van der Waals surface area contributed by atoms with Crippen molar-refractivity contribution in [2.45, 2.75) is 19.4 Å². The van der Waals surface area contributed by atoms with Crippen LogP contribution in [0.4, 0.5) is 0 Å². The van der Waals surface area contributed by atoms with E-state index in [0.717, 1.165) is 13.0 Å². The van der Waals surface area contributed by atoms with Gasteiger partial charge in [0, 0.05) is 12.6 Å². The molecule has 19 heavy (non-hydrogen) atoms. The van der Waals surface area contributed by atoms with E-state index in [4.69, 9.17) is 14.7 Å². The minimum atomic E-state index is -0.577. The minimum Gasteiger partial charge on any atom is -0.493 e. The van der Waals surface area contributed by atoms with Gasteiger partial charge in [-0.2, -0.15) is 5.26 Å². The van der Waals surface area contributed by atoms with Gasteiger partial charge in [0.1, 0.15) is 12.7 Å². The predicted molar refractivity (Wildman–Crippen MR) is 72.4 cm³/mol. The van der Waals surface area contributed by atoms with Crippen LogP contribution < -0.4 is 14.8 Å². The van der Waals surface area contributed by atoms with Gasteiger partial charge in [0.2, 0.25) is 0 Å². The van der Waals surface area contributed by atoms with Crippen LogP contribution in [0.5, 0.6) is 11.5 Å². The van der Waals surface area contributed by atoms with E-state index in [0.29, 0.717) is 23.6 Å². The Morgan fingerprint density at radius 2 is 2.21 bits per heavy atom. The topological polar surface area (TPSA) is 74.5 Å². The molecule has 0 bridgehead atoms. The minimum absolute atomic E-state index is 0.180. The number of rotatable bonds is 8. The molecular formula is C14H20N2O3. The number of nitriles is 1. The van der Waals surface area contributed by atoms with Gasteiger partial charge < -0.3 is 19.9 Å². The molecule has 0 saturated heterocycles. The van der Waals surface area contributed by atoms with Crippen LogP contribution in [-0.2, 0) is 0 Å². The fourth-order valence-electron chi connectivity index (χ4n) is 1.55. The molecule has 5 nitrogen and oxygen atoms in total. The third kappa shape index (κ3) is 5.16. The zero-order chi connectivity index (χ0) is 14.1. The second-order valence-electron chi connectivity index (χ2n) is 4.15. The van der Waals surface area contributed by atoms with Crippen LogP contribution in [0.15, 0.2) is 18.2 Å². The van der Waals surface area contributed by atoms with Crippen molar-refractivity contribution >= 4 is 0 Å². The molecule has 1 aromatic rings. The highest BCUT2D eigenvalue weighted by Crippen LogP contribution is 2.27. The first kappa shape index (κ1) is 15.3. The summed E-state index contributed by atoms with van der Waals surface area (Å²) in [6.07, 6.45) is 0.448. The summed E-state index contributed by atoms with van der Waals surface area (Å²) in [5, 5.41) is 21.6. The number of aliphatic hydroxyl groups is 1. The van der Waals surface area contributed by atoms with Crippen molar-refractivity contribution in [2.75, 3.05) is 26.8 Å². The normalized spacial score (nSPS) is 11.7. The lowest BCUT2D eigenvalue weighted by atomic mass is 10.2. The number of ether oxygens (including phenoxy) is 2. The summed E-state index contributed by atoms with van der Waals surface area (Å²) in [7, 11) is 1.52. The number of hydrogen-bond donors (Lipinski definition) is 2. The number of methoxy groups -OCH3 is 1. The third-order valence-corrected chi connectivity index (χ3v) is 2.53. The van der Waals surface area contributed by atoms with Gasteiger partial charge in [-0.15, -0.1) is 0 Å². The molecule has 104 valence electrons. The maximum absolute atomic E-state index is 9.72. The van der Waals surface area contributed by atoms with E-state index in [1.54, 1.807) is 18.2 Å². The van der Waals surface area contributed by atoms with Crippen molar-refractivity contribution in [1.29, 1.82) is 5.26 Å². The second kappa shape index (κ2) is 8.35. The Morgan fingerprint density at radius 1 is 1.42 bits per heavy atom. The van der Waals surface area contributed by atoms with Gasteiger partial charge in [-0.05, 0) is 25.1 Å². The molecule has 0 radical (unpaired) electrons. The molecule has 5 heteroatoms. The molecule has 0 fully saturated rings. The van der Waals surface area contributed by atoms with Crippen LogP contribution in [-0.4, -0.2) is 38.0 Å². The maximum Gasteiger partial charge on any atom is 0.162 e. The average Bonchev–Trinajstić information content (AvgIpc) is 2.45. The number of benzene rings is 1. The Kier molecular flexibility index (Phi) is 6.72. The van der Waals surface area contributed by atoms with Crippen molar-refractivity contribution in [1.82, 2.24) is 5.32 Å². The molecule has 0 heterocycles. The maximum atomic E-state index is 9.72. The van der Waals surface area contributed by atoms with E-state index in [9.17, 15) is 5.11 Å². The zero-order valence-electron chi connectivity index (χ0n) is 11.3. The van der Waals surface area contributed by atoms with Crippen LogP contribution >= 0.6 is 0 Å². The summed E-state index contributed by atoms with van der Waals surface area (Å²) in [5.41, 5.74) is 0.509. The van der Waals surface area contributed by atoms with Gasteiger partial charge in [-0.3, -0.25) is 0 Å². The molecule has 0 aliphatic heterocycles. The molecular weight excluding hydrogens is 244 g/mol. The molecule has 2 N–H and O–H groups in total.